The number of methoxy groups -OCH3 is 1. The number of hydrogen-bond acceptors (Lipinski definition) is 4. The number of amides is 3. The molecule has 7 heteroatoms. The van der Waals surface area contributed by atoms with Crippen molar-refractivity contribution in [3.05, 3.63) is 57.7 Å². The van der Waals surface area contributed by atoms with E-state index in [0.29, 0.717) is 17.0 Å². The van der Waals surface area contributed by atoms with Crippen LogP contribution >= 0.6 is 22.6 Å². The molecule has 1 aliphatic carbocycles. The summed E-state index contributed by atoms with van der Waals surface area (Å²) in [5, 5.41) is 0. The van der Waals surface area contributed by atoms with Gasteiger partial charge in [-0.2, -0.15) is 0 Å². The van der Waals surface area contributed by atoms with Crippen LogP contribution in [-0.2, 0) is 9.59 Å². The highest BCUT2D eigenvalue weighted by atomic mass is 127. The van der Waals surface area contributed by atoms with Crippen molar-refractivity contribution in [1.82, 2.24) is 4.90 Å². The van der Waals surface area contributed by atoms with Crippen LogP contribution in [0.3, 0.4) is 0 Å². The van der Waals surface area contributed by atoms with Crippen LogP contribution < -0.4 is 9.64 Å². The molecule has 0 N–H and O–H groups in total. The van der Waals surface area contributed by atoms with Gasteiger partial charge in [0.1, 0.15) is 11.8 Å². The van der Waals surface area contributed by atoms with Gasteiger partial charge < -0.3 is 9.64 Å². The lowest BCUT2D eigenvalue weighted by Crippen LogP contribution is -2.46. The topological polar surface area (TPSA) is 66.9 Å². The Kier molecular flexibility index (Phi) is 5.09. The fourth-order valence-electron chi connectivity index (χ4n) is 3.49. The third-order valence-corrected chi connectivity index (χ3v) is 5.77. The monoisotopic (exact) mass is 490 g/mol. The molecule has 1 saturated heterocycles. The maximum absolute atomic E-state index is 13.2. The number of hydrogen-bond donors (Lipinski definition) is 0. The van der Waals surface area contributed by atoms with Crippen molar-refractivity contribution >= 4 is 46.0 Å². The van der Waals surface area contributed by atoms with Crippen LogP contribution in [0.1, 0.15) is 29.6 Å². The molecule has 6 nitrogen and oxygen atoms in total. The van der Waals surface area contributed by atoms with E-state index in [1.807, 2.05) is 12.1 Å². The van der Waals surface area contributed by atoms with Crippen LogP contribution in [0.2, 0.25) is 0 Å². The van der Waals surface area contributed by atoms with Gasteiger partial charge in [-0.25, -0.2) is 4.90 Å². The molecule has 28 heavy (non-hydrogen) atoms. The van der Waals surface area contributed by atoms with E-state index in [4.69, 9.17) is 4.74 Å². The van der Waals surface area contributed by atoms with Crippen molar-refractivity contribution in [3.8, 4) is 5.75 Å². The van der Waals surface area contributed by atoms with Gasteiger partial charge in [0.25, 0.3) is 11.8 Å². The summed E-state index contributed by atoms with van der Waals surface area (Å²) in [7, 11) is 1.56. The summed E-state index contributed by atoms with van der Waals surface area (Å²) in [6.07, 6.45) is 1.72. The Labute approximate surface area is 176 Å². The first-order valence-corrected chi connectivity index (χ1v) is 10.2. The summed E-state index contributed by atoms with van der Waals surface area (Å²) >= 11 is 2.17. The number of anilines is 1. The average Bonchev–Trinajstić information content (AvgIpc) is 3.49. The van der Waals surface area contributed by atoms with Crippen LogP contribution in [0.25, 0.3) is 0 Å². The van der Waals surface area contributed by atoms with Crippen LogP contribution in [0.4, 0.5) is 5.69 Å². The number of rotatable bonds is 5. The first kappa shape index (κ1) is 18.9. The lowest BCUT2D eigenvalue weighted by molar-refractivity contribution is -0.122. The Bertz CT molecular complexity index is 922. The van der Waals surface area contributed by atoms with E-state index < -0.39 is 6.04 Å². The zero-order valence-electron chi connectivity index (χ0n) is 15.3. The number of carbonyl (C=O) groups is 3. The van der Waals surface area contributed by atoms with Crippen molar-refractivity contribution in [2.75, 3.05) is 12.0 Å². The van der Waals surface area contributed by atoms with Crippen molar-refractivity contribution < 1.29 is 19.1 Å². The zero-order chi connectivity index (χ0) is 19.8. The molecule has 4 rings (SSSR count). The highest BCUT2D eigenvalue weighted by Crippen LogP contribution is 2.35. The molecule has 144 valence electrons. The van der Waals surface area contributed by atoms with Crippen LogP contribution in [0.15, 0.2) is 48.5 Å². The molecule has 2 fully saturated rings. The van der Waals surface area contributed by atoms with E-state index in [1.165, 1.54) is 4.90 Å². The molecule has 1 unspecified atom stereocenters. The minimum atomic E-state index is -0.756. The largest absolute Gasteiger partial charge is 0.497 e. The Hall–Kier alpha value is -2.42. The normalized spacial score (nSPS) is 19.1. The molecule has 3 amide bonds. The Morgan fingerprint density at radius 1 is 1.07 bits per heavy atom. The van der Waals surface area contributed by atoms with Gasteiger partial charge in [-0.05, 0) is 84.0 Å². The van der Waals surface area contributed by atoms with Gasteiger partial charge in [-0.15, -0.1) is 0 Å². The highest BCUT2D eigenvalue weighted by molar-refractivity contribution is 14.1. The van der Waals surface area contributed by atoms with Crippen molar-refractivity contribution in [2.24, 2.45) is 0 Å². The number of ether oxygens (including phenoxy) is 1. The third kappa shape index (κ3) is 3.50. The molecule has 2 aliphatic rings. The fraction of sp³-hybridized carbons (Fsp3) is 0.286. The molecule has 1 heterocycles. The summed E-state index contributed by atoms with van der Waals surface area (Å²) in [6.45, 7) is 0. The number of carbonyl (C=O) groups excluding carboxylic acids is 3. The lowest BCUT2D eigenvalue weighted by atomic mass is 10.1. The number of imide groups is 1. The average molecular weight is 490 g/mol. The molecule has 2 aromatic rings. The lowest BCUT2D eigenvalue weighted by Gasteiger charge is -2.27. The van der Waals surface area contributed by atoms with Gasteiger partial charge in [-0.1, -0.05) is 0 Å². The molecule has 0 aromatic heterocycles. The second-order valence-electron chi connectivity index (χ2n) is 6.94. The van der Waals surface area contributed by atoms with E-state index in [2.05, 4.69) is 22.6 Å². The molecule has 2 aromatic carbocycles. The number of halogens is 1. The minimum absolute atomic E-state index is 0.00743. The SMILES string of the molecule is COc1ccc(C(=O)N(C2CC2)C2CC(=O)N(c3ccc(I)cc3)C2=O)cc1. The van der Waals surface area contributed by atoms with Gasteiger partial charge >= 0.3 is 0 Å². The number of benzene rings is 2. The second-order valence-corrected chi connectivity index (χ2v) is 8.18. The van der Waals surface area contributed by atoms with Crippen LogP contribution in [0, 0.1) is 3.57 Å². The number of nitrogens with zero attached hydrogens (tertiary/aromatic N) is 2. The first-order chi connectivity index (χ1) is 13.5. The standard InChI is InChI=1S/C21H19IN2O4/c1-28-17-10-2-13(3-11-17)20(26)23(15-8-9-15)18-12-19(25)24(21(18)27)16-6-4-14(22)5-7-16/h2-7,10-11,15,18H,8-9,12H2,1H3. The molecule has 0 bridgehead atoms. The van der Waals surface area contributed by atoms with E-state index in [-0.39, 0.29) is 30.2 Å². The third-order valence-electron chi connectivity index (χ3n) is 5.06. The second kappa shape index (κ2) is 7.54. The fourth-order valence-corrected chi connectivity index (χ4v) is 3.85. The summed E-state index contributed by atoms with van der Waals surface area (Å²) in [5.74, 6) is -0.170. The molecule has 1 saturated carbocycles. The molecule has 1 aliphatic heterocycles. The smallest absolute Gasteiger partial charge is 0.257 e. The van der Waals surface area contributed by atoms with Crippen molar-refractivity contribution in [2.45, 2.75) is 31.3 Å². The summed E-state index contributed by atoms with van der Waals surface area (Å²) in [4.78, 5) is 41.7. The quantitative estimate of drug-likeness (QED) is 0.477. The zero-order valence-corrected chi connectivity index (χ0v) is 17.5. The molecule has 1 atom stereocenters. The van der Waals surface area contributed by atoms with E-state index in [0.717, 1.165) is 16.4 Å². The predicted octanol–water partition coefficient (Wildman–Crippen LogP) is 3.24. The van der Waals surface area contributed by atoms with Gasteiger partial charge in [0, 0.05) is 15.2 Å². The van der Waals surface area contributed by atoms with E-state index in [1.54, 1.807) is 48.4 Å². The maximum atomic E-state index is 13.2. The molecular weight excluding hydrogens is 471 g/mol. The predicted molar refractivity (Wildman–Crippen MR) is 112 cm³/mol. The Morgan fingerprint density at radius 2 is 1.71 bits per heavy atom. The molecule has 0 radical (unpaired) electrons. The maximum Gasteiger partial charge on any atom is 0.257 e. The van der Waals surface area contributed by atoms with Crippen molar-refractivity contribution in [3.63, 3.8) is 0 Å². The van der Waals surface area contributed by atoms with Gasteiger partial charge in [0.2, 0.25) is 5.91 Å². The van der Waals surface area contributed by atoms with Gasteiger partial charge in [0.05, 0.1) is 19.2 Å². The Balaban J connectivity index is 1.61. The first-order valence-electron chi connectivity index (χ1n) is 9.08. The van der Waals surface area contributed by atoms with Gasteiger partial charge in [0.15, 0.2) is 0 Å². The van der Waals surface area contributed by atoms with Crippen LogP contribution in [0.5, 0.6) is 5.75 Å². The van der Waals surface area contributed by atoms with E-state index in [9.17, 15) is 14.4 Å². The highest BCUT2D eigenvalue weighted by Gasteiger charge is 2.48. The molecule has 0 spiro atoms. The molecular formula is C21H19IN2O4. The summed E-state index contributed by atoms with van der Waals surface area (Å²) in [6, 6.07) is 13.3. The van der Waals surface area contributed by atoms with Crippen LogP contribution in [-0.4, -0.2) is 41.8 Å². The Morgan fingerprint density at radius 3 is 2.29 bits per heavy atom. The summed E-state index contributed by atoms with van der Waals surface area (Å²) in [5.41, 5.74) is 1.03. The minimum Gasteiger partial charge on any atom is -0.497 e. The summed E-state index contributed by atoms with van der Waals surface area (Å²) < 4.78 is 6.16. The van der Waals surface area contributed by atoms with Crippen molar-refractivity contribution in [1.29, 1.82) is 0 Å². The van der Waals surface area contributed by atoms with E-state index >= 15 is 0 Å². The van der Waals surface area contributed by atoms with Gasteiger partial charge in [-0.3, -0.25) is 14.4 Å².